The Bertz CT molecular complexity index is 280. The Labute approximate surface area is 91.5 Å². The highest BCUT2D eigenvalue weighted by Gasteiger charge is 2.14. The molecule has 0 aliphatic carbocycles. The Morgan fingerprint density at radius 1 is 1.33 bits per heavy atom. The molecule has 3 heteroatoms. The monoisotopic (exact) mass is 208 g/mol. The maximum atomic E-state index is 9.22. The topological polar surface area (TPSA) is 49.5 Å². The van der Waals surface area contributed by atoms with Gasteiger partial charge in [0.2, 0.25) is 0 Å². The van der Waals surface area contributed by atoms with Gasteiger partial charge in [0, 0.05) is 18.8 Å². The lowest BCUT2D eigenvalue weighted by Crippen LogP contribution is -2.43. The number of aliphatic hydroxyl groups excluding tert-OH is 1. The van der Waals surface area contributed by atoms with Gasteiger partial charge in [-0.05, 0) is 26.0 Å². The van der Waals surface area contributed by atoms with Crippen LogP contribution in [0, 0.1) is 6.92 Å². The summed E-state index contributed by atoms with van der Waals surface area (Å²) in [6, 6.07) is 8.29. The molecule has 1 aromatic carbocycles. The number of benzene rings is 1. The van der Waals surface area contributed by atoms with E-state index in [1.54, 1.807) is 0 Å². The molecule has 0 radical (unpaired) electrons. The highest BCUT2D eigenvalue weighted by Crippen LogP contribution is 2.17. The van der Waals surface area contributed by atoms with Crippen LogP contribution in [-0.4, -0.2) is 30.8 Å². The highest BCUT2D eigenvalue weighted by molar-refractivity contribution is 5.48. The van der Waals surface area contributed by atoms with Gasteiger partial charge in [-0.25, -0.2) is 0 Å². The first-order valence-corrected chi connectivity index (χ1v) is 5.37. The van der Waals surface area contributed by atoms with Crippen molar-refractivity contribution in [3.8, 4) is 0 Å². The zero-order valence-electron chi connectivity index (χ0n) is 9.48. The third kappa shape index (κ3) is 2.94. The molecule has 0 spiro atoms. The summed E-state index contributed by atoms with van der Waals surface area (Å²) in [6.45, 7) is 5.55. The van der Waals surface area contributed by atoms with Crippen LogP contribution in [-0.2, 0) is 0 Å². The summed E-state index contributed by atoms with van der Waals surface area (Å²) in [5, 5.41) is 9.22. The van der Waals surface area contributed by atoms with Crippen LogP contribution in [0.3, 0.4) is 0 Å². The lowest BCUT2D eigenvalue weighted by molar-refractivity contribution is 0.262. The van der Waals surface area contributed by atoms with E-state index in [0.29, 0.717) is 6.54 Å². The molecule has 3 nitrogen and oxygen atoms in total. The summed E-state index contributed by atoms with van der Waals surface area (Å²) in [6.07, 6.45) is 0. The van der Waals surface area contributed by atoms with Crippen molar-refractivity contribution in [2.45, 2.75) is 19.9 Å². The lowest BCUT2D eigenvalue weighted by atomic mass is 10.1. The van der Waals surface area contributed by atoms with Gasteiger partial charge in [-0.2, -0.15) is 0 Å². The van der Waals surface area contributed by atoms with Crippen molar-refractivity contribution in [2.24, 2.45) is 5.73 Å². The Morgan fingerprint density at radius 3 is 2.33 bits per heavy atom. The van der Waals surface area contributed by atoms with Crippen molar-refractivity contribution < 1.29 is 5.11 Å². The lowest BCUT2D eigenvalue weighted by Gasteiger charge is -2.30. The minimum Gasteiger partial charge on any atom is -0.394 e. The molecule has 0 saturated carbocycles. The number of nitrogens with two attached hydrogens (primary N) is 1. The standard InChI is InChI=1S/C12H20N2O/c1-3-14(12(8-13)9-15)11-6-4-10(2)5-7-11/h4-7,12,15H,3,8-9,13H2,1-2H3. The van der Waals surface area contributed by atoms with Gasteiger partial charge in [0.05, 0.1) is 12.6 Å². The second-order valence-electron chi connectivity index (χ2n) is 3.69. The van der Waals surface area contributed by atoms with Crippen molar-refractivity contribution in [2.75, 3.05) is 24.6 Å². The fraction of sp³-hybridized carbons (Fsp3) is 0.500. The van der Waals surface area contributed by atoms with Gasteiger partial charge in [0.1, 0.15) is 0 Å². The van der Waals surface area contributed by atoms with Crippen LogP contribution in [0.5, 0.6) is 0 Å². The first kappa shape index (κ1) is 12.0. The largest absolute Gasteiger partial charge is 0.394 e. The van der Waals surface area contributed by atoms with Gasteiger partial charge in [-0.3, -0.25) is 0 Å². The second-order valence-corrected chi connectivity index (χ2v) is 3.69. The number of aliphatic hydroxyl groups is 1. The molecule has 1 unspecified atom stereocenters. The molecule has 0 fully saturated rings. The quantitative estimate of drug-likeness (QED) is 0.763. The molecule has 0 amide bonds. The van der Waals surface area contributed by atoms with Crippen LogP contribution >= 0.6 is 0 Å². The van der Waals surface area contributed by atoms with Crippen LogP contribution in [0.4, 0.5) is 5.69 Å². The maximum Gasteiger partial charge on any atom is 0.0647 e. The predicted octanol–water partition coefficient (Wildman–Crippen LogP) is 1.14. The van der Waals surface area contributed by atoms with E-state index in [2.05, 4.69) is 43.0 Å². The number of anilines is 1. The maximum absolute atomic E-state index is 9.22. The first-order chi connectivity index (χ1) is 7.22. The molecular formula is C12H20N2O. The fourth-order valence-corrected chi connectivity index (χ4v) is 1.69. The molecular weight excluding hydrogens is 188 g/mol. The van der Waals surface area contributed by atoms with Crippen molar-refractivity contribution in [3.63, 3.8) is 0 Å². The Kier molecular flexibility index (Phi) is 4.59. The molecule has 1 aromatic rings. The van der Waals surface area contributed by atoms with E-state index < -0.39 is 0 Å². The molecule has 0 bridgehead atoms. The van der Waals surface area contributed by atoms with Gasteiger partial charge in [0.15, 0.2) is 0 Å². The third-order valence-electron chi connectivity index (χ3n) is 2.63. The van der Waals surface area contributed by atoms with E-state index >= 15 is 0 Å². The first-order valence-electron chi connectivity index (χ1n) is 5.37. The van der Waals surface area contributed by atoms with Gasteiger partial charge in [-0.15, -0.1) is 0 Å². The van der Waals surface area contributed by atoms with Gasteiger partial charge < -0.3 is 15.7 Å². The predicted molar refractivity (Wildman–Crippen MR) is 64.1 cm³/mol. The zero-order chi connectivity index (χ0) is 11.3. The molecule has 0 aromatic heterocycles. The smallest absolute Gasteiger partial charge is 0.0647 e. The molecule has 0 aliphatic rings. The molecule has 84 valence electrons. The Morgan fingerprint density at radius 2 is 1.93 bits per heavy atom. The Balaban J connectivity index is 2.86. The van der Waals surface area contributed by atoms with Crippen molar-refractivity contribution in [1.82, 2.24) is 0 Å². The molecule has 3 N–H and O–H groups in total. The van der Waals surface area contributed by atoms with Crippen LogP contribution in [0.2, 0.25) is 0 Å². The SMILES string of the molecule is CCN(c1ccc(C)cc1)C(CN)CO. The second kappa shape index (κ2) is 5.73. The summed E-state index contributed by atoms with van der Waals surface area (Å²) in [7, 11) is 0. The van der Waals surface area contributed by atoms with Crippen molar-refractivity contribution in [1.29, 1.82) is 0 Å². The van der Waals surface area contributed by atoms with Gasteiger partial charge in [0.25, 0.3) is 0 Å². The molecule has 1 rings (SSSR count). The molecule has 0 aliphatic heterocycles. The summed E-state index contributed by atoms with van der Waals surface area (Å²) in [5.41, 5.74) is 7.98. The van der Waals surface area contributed by atoms with E-state index in [1.807, 2.05) is 0 Å². The average Bonchev–Trinajstić information content (AvgIpc) is 2.27. The third-order valence-corrected chi connectivity index (χ3v) is 2.63. The zero-order valence-corrected chi connectivity index (χ0v) is 9.48. The van der Waals surface area contributed by atoms with Crippen LogP contribution in [0.25, 0.3) is 0 Å². The number of aryl methyl sites for hydroxylation is 1. The van der Waals surface area contributed by atoms with E-state index in [9.17, 15) is 5.11 Å². The van der Waals surface area contributed by atoms with Crippen LogP contribution in [0.1, 0.15) is 12.5 Å². The molecule has 0 saturated heterocycles. The van der Waals surface area contributed by atoms with E-state index in [1.165, 1.54) is 5.56 Å². The van der Waals surface area contributed by atoms with Gasteiger partial charge in [-0.1, -0.05) is 17.7 Å². The number of hydrogen-bond donors (Lipinski definition) is 2. The fourth-order valence-electron chi connectivity index (χ4n) is 1.69. The molecule has 15 heavy (non-hydrogen) atoms. The van der Waals surface area contributed by atoms with E-state index in [0.717, 1.165) is 12.2 Å². The highest BCUT2D eigenvalue weighted by atomic mass is 16.3. The minimum absolute atomic E-state index is 0.0118. The van der Waals surface area contributed by atoms with Crippen LogP contribution < -0.4 is 10.6 Å². The summed E-state index contributed by atoms with van der Waals surface area (Å²) < 4.78 is 0. The summed E-state index contributed by atoms with van der Waals surface area (Å²) in [5.74, 6) is 0. The van der Waals surface area contributed by atoms with Crippen LogP contribution in [0.15, 0.2) is 24.3 Å². The normalized spacial score (nSPS) is 12.5. The van der Waals surface area contributed by atoms with E-state index in [-0.39, 0.29) is 12.6 Å². The van der Waals surface area contributed by atoms with Gasteiger partial charge >= 0.3 is 0 Å². The number of hydrogen-bond acceptors (Lipinski definition) is 3. The Hall–Kier alpha value is -1.06. The number of rotatable bonds is 5. The number of likely N-dealkylation sites (N-methyl/N-ethyl adjacent to an activating group) is 1. The average molecular weight is 208 g/mol. The summed E-state index contributed by atoms with van der Waals surface area (Å²) >= 11 is 0. The van der Waals surface area contributed by atoms with Crippen molar-refractivity contribution in [3.05, 3.63) is 29.8 Å². The van der Waals surface area contributed by atoms with E-state index in [4.69, 9.17) is 5.73 Å². The summed E-state index contributed by atoms with van der Waals surface area (Å²) in [4.78, 5) is 2.12. The molecule has 0 heterocycles. The van der Waals surface area contributed by atoms with Crippen molar-refractivity contribution >= 4 is 5.69 Å². The minimum atomic E-state index is 0.0118. The number of nitrogens with zero attached hydrogens (tertiary/aromatic N) is 1. The molecule has 1 atom stereocenters.